The van der Waals surface area contributed by atoms with Gasteiger partial charge in [0.2, 0.25) is 0 Å². The van der Waals surface area contributed by atoms with E-state index in [1.807, 2.05) is 12.3 Å². The van der Waals surface area contributed by atoms with Crippen LogP contribution in [-0.2, 0) is 0 Å². The third-order valence-corrected chi connectivity index (χ3v) is 5.13. The Balaban J connectivity index is 1.42. The first kappa shape index (κ1) is 14.4. The summed E-state index contributed by atoms with van der Waals surface area (Å²) in [4.78, 5) is 16.7. The van der Waals surface area contributed by atoms with E-state index in [-0.39, 0.29) is 0 Å². The normalized spacial score (nSPS) is 17.8. The van der Waals surface area contributed by atoms with E-state index in [0.29, 0.717) is 5.92 Å². The Morgan fingerprint density at radius 3 is 3.17 bits per heavy atom. The van der Waals surface area contributed by atoms with E-state index >= 15 is 0 Å². The highest BCUT2D eigenvalue weighted by molar-refractivity contribution is 7.16. The van der Waals surface area contributed by atoms with Crippen LogP contribution in [0, 0.1) is 12.8 Å². The molecule has 0 amide bonds. The van der Waals surface area contributed by atoms with Gasteiger partial charge in [-0.1, -0.05) is 0 Å². The topological polar surface area (TPSA) is 53.9 Å². The standard InChI is InChI=1S/C17H19N5S/c1-12-2-5-18-15(8-12)19-9-13-3-6-22(10-13)16-14-4-7-23-17(14)21-11-20-16/h2,4-5,7-8,11,13H,3,6,9-10H2,1H3,(H,18,19)/t13-/m0/s1. The zero-order chi connectivity index (χ0) is 15.6. The summed E-state index contributed by atoms with van der Waals surface area (Å²) in [6, 6.07) is 6.23. The van der Waals surface area contributed by atoms with Gasteiger partial charge in [-0.2, -0.15) is 0 Å². The van der Waals surface area contributed by atoms with Crippen LogP contribution in [0.25, 0.3) is 10.2 Å². The fourth-order valence-corrected chi connectivity index (χ4v) is 3.83. The predicted octanol–water partition coefficient (Wildman–Crippen LogP) is 3.33. The smallest absolute Gasteiger partial charge is 0.140 e. The molecule has 6 heteroatoms. The lowest BCUT2D eigenvalue weighted by molar-refractivity contribution is 0.621. The summed E-state index contributed by atoms with van der Waals surface area (Å²) in [5, 5.41) is 6.72. The number of anilines is 2. The van der Waals surface area contributed by atoms with E-state index in [2.05, 4.69) is 49.6 Å². The molecule has 1 fully saturated rings. The van der Waals surface area contributed by atoms with Gasteiger partial charge < -0.3 is 10.2 Å². The Bertz CT molecular complexity index is 815. The van der Waals surface area contributed by atoms with Crippen molar-refractivity contribution < 1.29 is 0 Å². The molecule has 1 aliphatic rings. The molecule has 0 unspecified atom stereocenters. The molecule has 0 aliphatic carbocycles. The average Bonchev–Trinajstić information content (AvgIpc) is 3.22. The number of pyridine rings is 1. The molecule has 0 radical (unpaired) electrons. The molecule has 0 aromatic carbocycles. The van der Waals surface area contributed by atoms with Crippen molar-refractivity contribution in [3.8, 4) is 0 Å². The second-order valence-electron chi connectivity index (χ2n) is 6.04. The molecule has 4 rings (SSSR count). The van der Waals surface area contributed by atoms with Crippen molar-refractivity contribution in [1.82, 2.24) is 15.0 Å². The number of rotatable bonds is 4. The molecule has 1 atom stereocenters. The molecule has 4 heterocycles. The summed E-state index contributed by atoms with van der Waals surface area (Å²) in [5.74, 6) is 2.65. The Morgan fingerprint density at radius 2 is 2.26 bits per heavy atom. The Hall–Kier alpha value is -2.21. The van der Waals surface area contributed by atoms with Gasteiger partial charge in [-0.05, 0) is 48.4 Å². The fourth-order valence-electron chi connectivity index (χ4n) is 3.10. The summed E-state index contributed by atoms with van der Waals surface area (Å²) in [6.07, 6.45) is 4.71. The molecule has 1 saturated heterocycles. The van der Waals surface area contributed by atoms with Crippen LogP contribution in [0.4, 0.5) is 11.6 Å². The lowest BCUT2D eigenvalue weighted by Crippen LogP contribution is -2.23. The fraction of sp³-hybridized carbons (Fsp3) is 0.353. The van der Waals surface area contributed by atoms with E-state index < -0.39 is 0 Å². The third-order valence-electron chi connectivity index (χ3n) is 4.31. The van der Waals surface area contributed by atoms with Gasteiger partial charge in [0.05, 0.1) is 5.39 Å². The van der Waals surface area contributed by atoms with Crippen LogP contribution in [0.1, 0.15) is 12.0 Å². The van der Waals surface area contributed by atoms with Crippen molar-refractivity contribution in [2.45, 2.75) is 13.3 Å². The molecule has 3 aromatic heterocycles. The number of aryl methyl sites for hydroxylation is 1. The highest BCUT2D eigenvalue weighted by atomic mass is 32.1. The van der Waals surface area contributed by atoms with Gasteiger partial charge in [0.25, 0.3) is 0 Å². The number of fused-ring (bicyclic) bond motifs is 1. The number of hydrogen-bond acceptors (Lipinski definition) is 6. The van der Waals surface area contributed by atoms with Crippen molar-refractivity contribution in [3.05, 3.63) is 41.7 Å². The molecule has 0 spiro atoms. The molecule has 1 aliphatic heterocycles. The van der Waals surface area contributed by atoms with Gasteiger partial charge in [-0.25, -0.2) is 15.0 Å². The first-order valence-electron chi connectivity index (χ1n) is 7.89. The molecular weight excluding hydrogens is 306 g/mol. The number of hydrogen-bond donors (Lipinski definition) is 1. The van der Waals surface area contributed by atoms with Crippen molar-refractivity contribution in [3.63, 3.8) is 0 Å². The first-order valence-corrected chi connectivity index (χ1v) is 8.77. The minimum absolute atomic E-state index is 0.612. The quantitative estimate of drug-likeness (QED) is 0.797. The van der Waals surface area contributed by atoms with Crippen molar-refractivity contribution >= 4 is 33.2 Å². The summed E-state index contributed by atoms with van der Waals surface area (Å²) in [7, 11) is 0. The summed E-state index contributed by atoms with van der Waals surface area (Å²) >= 11 is 1.67. The lowest BCUT2D eigenvalue weighted by Gasteiger charge is -2.18. The number of nitrogens with one attached hydrogen (secondary N) is 1. The third kappa shape index (κ3) is 2.99. The van der Waals surface area contributed by atoms with Crippen LogP contribution in [0.5, 0.6) is 0 Å². The summed E-state index contributed by atoms with van der Waals surface area (Å²) < 4.78 is 0. The molecule has 0 bridgehead atoms. The Labute approximate surface area is 139 Å². The summed E-state index contributed by atoms with van der Waals surface area (Å²) in [6.45, 7) is 5.12. The maximum atomic E-state index is 4.51. The van der Waals surface area contributed by atoms with Gasteiger partial charge in [0.15, 0.2) is 0 Å². The van der Waals surface area contributed by atoms with Crippen LogP contribution >= 0.6 is 11.3 Å². The largest absolute Gasteiger partial charge is 0.370 e. The van der Waals surface area contributed by atoms with Crippen LogP contribution in [0.15, 0.2) is 36.1 Å². The van der Waals surface area contributed by atoms with Gasteiger partial charge >= 0.3 is 0 Å². The van der Waals surface area contributed by atoms with Crippen molar-refractivity contribution in [2.24, 2.45) is 5.92 Å². The highest BCUT2D eigenvalue weighted by Gasteiger charge is 2.25. The van der Waals surface area contributed by atoms with E-state index in [1.165, 1.54) is 17.4 Å². The average molecular weight is 325 g/mol. The zero-order valence-corrected chi connectivity index (χ0v) is 13.9. The van der Waals surface area contributed by atoms with Gasteiger partial charge in [-0.15, -0.1) is 11.3 Å². The van der Waals surface area contributed by atoms with Gasteiger partial charge in [-0.3, -0.25) is 0 Å². The zero-order valence-electron chi connectivity index (χ0n) is 13.1. The van der Waals surface area contributed by atoms with E-state index in [9.17, 15) is 0 Å². The minimum atomic E-state index is 0.612. The maximum absolute atomic E-state index is 4.51. The van der Waals surface area contributed by atoms with E-state index in [1.54, 1.807) is 17.7 Å². The molecular formula is C17H19N5S. The van der Waals surface area contributed by atoms with Gasteiger partial charge in [0, 0.05) is 25.8 Å². The van der Waals surface area contributed by atoms with Gasteiger partial charge in [0.1, 0.15) is 22.8 Å². The molecule has 118 valence electrons. The number of aromatic nitrogens is 3. The highest BCUT2D eigenvalue weighted by Crippen LogP contribution is 2.30. The maximum Gasteiger partial charge on any atom is 0.140 e. The number of thiophene rings is 1. The molecule has 3 aromatic rings. The van der Waals surface area contributed by atoms with Crippen LogP contribution in [0.3, 0.4) is 0 Å². The lowest BCUT2D eigenvalue weighted by atomic mass is 10.1. The molecule has 23 heavy (non-hydrogen) atoms. The first-order chi connectivity index (χ1) is 11.3. The van der Waals surface area contributed by atoms with E-state index in [0.717, 1.165) is 36.1 Å². The van der Waals surface area contributed by atoms with Crippen LogP contribution in [-0.4, -0.2) is 34.6 Å². The Kier molecular flexibility index (Phi) is 3.83. The van der Waals surface area contributed by atoms with Crippen LogP contribution < -0.4 is 10.2 Å². The second kappa shape index (κ2) is 6.12. The number of nitrogens with zero attached hydrogens (tertiary/aromatic N) is 4. The second-order valence-corrected chi connectivity index (χ2v) is 6.93. The van der Waals surface area contributed by atoms with Crippen molar-refractivity contribution in [1.29, 1.82) is 0 Å². The minimum Gasteiger partial charge on any atom is -0.370 e. The predicted molar refractivity (Wildman–Crippen MR) is 95.2 cm³/mol. The molecule has 5 nitrogen and oxygen atoms in total. The molecule has 0 saturated carbocycles. The van der Waals surface area contributed by atoms with Crippen molar-refractivity contribution in [2.75, 3.05) is 29.9 Å². The summed E-state index contributed by atoms with van der Waals surface area (Å²) in [5.41, 5.74) is 1.23. The monoisotopic (exact) mass is 325 g/mol. The Morgan fingerprint density at radius 1 is 1.30 bits per heavy atom. The van der Waals surface area contributed by atoms with E-state index in [4.69, 9.17) is 0 Å². The molecule has 1 N–H and O–H groups in total. The SMILES string of the molecule is Cc1ccnc(NC[C@@H]2CCN(c3ncnc4sccc34)C2)c1. The van der Waals surface area contributed by atoms with Crippen LogP contribution in [0.2, 0.25) is 0 Å².